The lowest BCUT2D eigenvalue weighted by Gasteiger charge is -2.13. The molecule has 0 N–H and O–H groups in total. The lowest BCUT2D eigenvalue weighted by Crippen LogP contribution is -2.27. The molecule has 0 spiro atoms. The van der Waals surface area contributed by atoms with Gasteiger partial charge in [-0.25, -0.2) is 0 Å². The van der Waals surface area contributed by atoms with Crippen molar-refractivity contribution in [3.63, 3.8) is 0 Å². The lowest BCUT2D eigenvalue weighted by atomic mass is 10.1. The van der Waals surface area contributed by atoms with Crippen LogP contribution in [0.3, 0.4) is 0 Å². The number of hydrogen-bond donors (Lipinski definition) is 0. The van der Waals surface area contributed by atoms with E-state index in [0.29, 0.717) is 16.5 Å². The molecule has 5 rings (SSSR count). The van der Waals surface area contributed by atoms with Crippen LogP contribution in [0.25, 0.3) is 16.8 Å². The van der Waals surface area contributed by atoms with E-state index in [2.05, 4.69) is 24.3 Å². The molecule has 4 aromatic carbocycles. The van der Waals surface area contributed by atoms with E-state index in [1.807, 2.05) is 60.7 Å². The molecule has 0 aromatic heterocycles. The van der Waals surface area contributed by atoms with Gasteiger partial charge in [0, 0.05) is 5.02 Å². The Bertz CT molecular complexity index is 1410. The van der Waals surface area contributed by atoms with Crippen LogP contribution in [-0.4, -0.2) is 16.0 Å². The number of carbonyl (C=O) groups excluding carboxylic acids is 2. The highest BCUT2D eigenvalue weighted by atomic mass is 35.5. The minimum absolute atomic E-state index is 0.155. The van der Waals surface area contributed by atoms with Gasteiger partial charge >= 0.3 is 0 Å². The number of rotatable bonds is 6. The summed E-state index contributed by atoms with van der Waals surface area (Å²) >= 11 is 7.13. The molecule has 0 unspecified atom stereocenters. The van der Waals surface area contributed by atoms with Crippen LogP contribution in [0.15, 0.2) is 95.9 Å². The highest BCUT2D eigenvalue weighted by Gasteiger charge is 2.35. The van der Waals surface area contributed by atoms with E-state index in [1.165, 1.54) is 15.7 Å². The van der Waals surface area contributed by atoms with Crippen LogP contribution < -0.4 is 4.74 Å². The number of ether oxygens (including phenoxy) is 1. The summed E-state index contributed by atoms with van der Waals surface area (Å²) in [7, 11) is 0. The Morgan fingerprint density at radius 1 is 0.824 bits per heavy atom. The number of fused-ring (bicyclic) bond motifs is 1. The van der Waals surface area contributed by atoms with Gasteiger partial charge in [0.05, 0.1) is 11.4 Å². The number of halogens is 1. The zero-order chi connectivity index (χ0) is 23.5. The fourth-order valence-electron chi connectivity index (χ4n) is 3.82. The van der Waals surface area contributed by atoms with Gasteiger partial charge < -0.3 is 4.74 Å². The van der Waals surface area contributed by atoms with Crippen LogP contribution in [-0.2, 0) is 17.9 Å². The fourth-order valence-corrected chi connectivity index (χ4v) is 4.86. The maximum Gasteiger partial charge on any atom is 0.293 e. The Morgan fingerprint density at radius 2 is 1.53 bits per heavy atom. The number of thioether (sulfide) groups is 1. The van der Waals surface area contributed by atoms with Crippen molar-refractivity contribution in [3.8, 4) is 5.75 Å². The first-order valence-corrected chi connectivity index (χ1v) is 12.0. The SMILES string of the molecule is O=C1S/C(=C\c2ccc(OCc3cccc4ccccc34)cc2)C(=O)N1Cc1ccccc1Cl. The Morgan fingerprint density at radius 3 is 2.35 bits per heavy atom. The molecule has 0 saturated carbocycles. The summed E-state index contributed by atoms with van der Waals surface area (Å²) < 4.78 is 5.99. The molecule has 1 fully saturated rings. The summed E-state index contributed by atoms with van der Waals surface area (Å²) in [6, 6.07) is 29.1. The van der Waals surface area contributed by atoms with Gasteiger partial charge in [-0.3, -0.25) is 14.5 Å². The normalized spacial score (nSPS) is 14.9. The first kappa shape index (κ1) is 22.3. The van der Waals surface area contributed by atoms with Gasteiger partial charge in [-0.05, 0) is 63.5 Å². The van der Waals surface area contributed by atoms with Crippen molar-refractivity contribution in [2.45, 2.75) is 13.2 Å². The molecule has 0 atom stereocenters. The third kappa shape index (κ3) is 4.72. The van der Waals surface area contributed by atoms with Gasteiger partial charge in [0.25, 0.3) is 11.1 Å². The van der Waals surface area contributed by atoms with Crippen molar-refractivity contribution in [1.82, 2.24) is 4.90 Å². The number of nitrogens with zero attached hydrogens (tertiary/aromatic N) is 1. The van der Waals surface area contributed by atoms with Crippen molar-refractivity contribution in [2.24, 2.45) is 0 Å². The fraction of sp³-hybridized carbons (Fsp3) is 0.0714. The van der Waals surface area contributed by atoms with E-state index in [0.717, 1.165) is 34.2 Å². The van der Waals surface area contributed by atoms with E-state index in [-0.39, 0.29) is 17.7 Å². The van der Waals surface area contributed by atoms with E-state index in [9.17, 15) is 9.59 Å². The minimum Gasteiger partial charge on any atom is -0.489 e. The molecule has 0 bridgehead atoms. The van der Waals surface area contributed by atoms with Crippen molar-refractivity contribution in [3.05, 3.63) is 118 Å². The number of hydrogen-bond acceptors (Lipinski definition) is 4. The summed E-state index contributed by atoms with van der Waals surface area (Å²) in [6.07, 6.45) is 1.73. The summed E-state index contributed by atoms with van der Waals surface area (Å²) in [5.41, 5.74) is 2.68. The molecule has 2 amide bonds. The quantitative estimate of drug-likeness (QED) is 0.269. The van der Waals surface area contributed by atoms with E-state index >= 15 is 0 Å². The average molecular weight is 486 g/mol. The second kappa shape index (κ2) is 9.75. The molecule has 1 heterocycles. The number of imide groups is 1. The van der Waals surface area contributed by atoms with Gasteiger partial charge in [-0.1, -0.05) is 84.4 Å². The summed E-state index contributed by atoms with van der Waals surface area (Å²) in [6.45, 7) is 0.615. The summed E-state index contributed by atoms with van der Waals surface area (Å²) in [5.74, 6) is 0.420. The van der Waals surface area contributed by atoms with Crippen LogP contribution in [0.1, 0.15) is 16.7 Å². The highest BCUT2D eigenvalue weighted by molar-refractivity contribution is 8.18. The maximum absolute atomic E-state index is 12.8. The Kier molecular flexibility index (Phi) is 6.39. The first-order chi connectivity index (χ1) is 16.6. The number of benzene rings is 4. The standard InChI is InChI=1S/C28H20ClNO3S/c29-25-11-4-2-7-21(25)17-30-27(31)26(34-28(30)32)16-19-12-14-23(15-13-19)33-18-22-9-5-8-20-6-1-3-10-24(20)22/h1-16H,17-18H2/b26-16-. The van der Waals surface area contributed by atoms with Gasteiger partial charge in [0.15, 0.2) is 0 Å². The Balaban J connectivity index is 1.26. The van der Waals surface area contributed by atoms with Crippen LogP contribution in [0.4, 0.5) is 4.79 Å². The van der Waals surface area contributed by atoms with E-state index < -0.39 is 0 Å². The molecular formula is C28H20ClNO3S. The molecule has 34 heavy (non-hydrogen) atoms. The highest BCUT2D eigenvalue weighted by Crippen LogP contribution is 2.34. The van der Waals surface area contributed by atoms with Gasteiger partial charge in [0.2, 0.25) is 0 Å². The number of amides is 2. The van der Waals surface area contributed by atoms with Crippen molar-refractivity contribution >= 4 is 51.4 Å². The smallest absolute Gasteiger partial charge is 0.293 e. The second-order valence-corrected chi connectivity index (χ2v) is 9.26. The minimum atomic E-state index is -0.314. The predicted octanol–water partition coefficient (Wildman–Crippen LogP) is 7.31. The van der Waals surface area contributed by atoms with Crippen LogP contribution >= 0.6 is 23.4 Å². The zero-order valence-corrected chi connectivity index (χ0v) is 19.7. The molecule has 1 aliphatic rings. The van der Waals surface area contributed by atoms with Crippen LogP contribution in [0.2, 0.25) is 5.02 Å². The molecule has 1 saturated heterocycles. The molecule has 1 aliphatic heterocycles. The van der Waals surface area contributed by atoms with E-state index in [1.54, 1.807) is 12.1 Å². The third-order valence-corrected chi connectivity index (χ3v) is 6.89. The van der Waals surface area contributed by atoms with Crippen molar-refractivity contribution in [1.29, 1.82) is 0 Å². The molecule has 4 nitrogen and oxygen atoms in total. The zero-order valence-electron chi connectivity index (χ0n) is 18.1. The lowest BCUT2D eigenvalue weighted by molar-refractivity contribution is -0.123. The second-order valence-electron chi connectivity index (χ2n) is 7.86. The third-order valence-electron chi connectivity index (χ3n) is 5.61. The largest absolute Gasteiger partial charge is 0.489 e. The Hall–Kier alpha value is -3.54. The molecule has 168 valence electrons. The summed E-state index contributed by atoms with van der Waals surface area (Å²) in [4.78, 5) is 26.9. The van der Waals surface area contributed by atoms with Gasteiger partial charge in [-0.2, -0.15) is 0 Å². The predicted molar refractivity (Wildman–Crippen MR) is 138 cm³/mol. The van der Waals surface area contributed by atoms with Crippen molar-refractivity contribution < 1.29 is 14.3 Å². The van der Waals surface area contributed by atoms with Gasteiger partial charge in [0.1, 0.15) is 12.4 Å². The van der Waals surface area contributed by atoms with Crippen molar-refractivity contribution in [2.75, 3.05) is 0 Å². The molecule has 0 aliphatic carbocycles. The van der Waals surface area contributed by atoms with Gasteiger partial charge in [-0.15, -0.1) is 0 Å². The number of carbonyl (C=O) groups is 2. The average Bonchev–Trinajstić information content (AvgIpc) is 3.12. The molecule has 6 heteroatoms. The summed E-state index contributed by atoms with van der Waals surface area (Å²) in [5, 5.41) is 2.59. The van der Waals surface area contributed by atoms with Crippen LogP contribution in [0.5, 0.6) is 5.75 Å². The first-order valence-electron chi connectivity index (χ1n) is 10.8. The Labute approximate surface area is 206 Å². The van der Waals surface area contributed by atoms with E-state index in [4.69, 9.17) is 16.3 Å². The molecule has 0 radical (unpaired) electrons. The van der Waals surface area contributed by atoms with Crippen LogP contribution in [0, 0.1) is 0 Å². The molecule has 4 aromatic rings. The monoisotopic (exact) mass is 485 g/mol. The molecular weight excluding hydrogens is 466 g/mol. The topological polar surface area (TPSA) is 46.6 Å². The maximum atomic E-state index is 12.8.